The fourth-order valence-corrected chi connectivity index (χ4v) is 6.35. The second kappa shape index (κ2) is 8.95. The van der Waals surface area contributed by atoms with Gasteiger partial charge in [0.1, 0.15) is 22.7 Å². The van der Waals surface area contributed by atoms with Gasteiger partial charge in [-0.15, -0.1) is 0 Å². The van der Waals surface area contributed by atoms with E-state index in [9.17, 15) is 4.79 Å². The summed E-state index contributed by atoms with van der Waals surface area (Å²) in [6, 6.07) is 12.7. The summed E-state index contributed by atoms with van der Waals surface area (Å²) < 4.78 is 5.76. The lowest BCUT2D eigenvalue weighted by Gasteiger charge is -2.21. The molecule has 0 bridgehead atoms. The van der Waals surface area contributed by atoms with Gasteiger partial charge >= 0.3 is 0 Å². The van der Waals surface area contributed by atoms with Gasteiger partial charge in [0.2, 0.25) is 5.91 Å². The topological polar surface area (TPSA) is 96.0 Å². The number of carbonyl (C=O) groups is 1. The minimum absolute atomic E-state index is 0.0165. The Morgan fingerprint density at radius 1 is 1.11 bits per heavy atom. The van der Waals surface area contributed by atoms with Crippen molar-refractivity contribution in [3.8, 4) is 28.3 Å². The number of fused-ring (bicyclic) bond motifs is 2. The Bertz CT molecular complexity index is 1490. The lowest BCUT2D eigenvalue weighted by molar-refractivity contribution is -0.123. The molecule has 2 unspecified atom stereocenters. The summed E-state index contributed by atoms with van der Waals surface area (Å²) in [4.78, 5) is 24.3. The largest absolute Gasteiger partial charge is 0.494 e. The van der Waals surface area contributed by atoms with Gasteiger partial charge in [0.15, 0.2) is 0 Å². The van der Waals surface area contributed by atoms with E-state index in [0.29, 0.717) is 5.92 Å². The van der Waals surface area contributed by atoms with Crippen LogP contribution in [0.4, 0.5) is 0 Å². The number of rotatable bonds is 5. The van der Waals surface area contributed by atoms with Crippen LogP contribution in [0.1, 0.15) is 42.0 Å². The van der Waals surface area contributed by atoms with Crippen molar-refractivity contribution in [3.05, 3.63) is 59.4 Å². The number of pyridine rings is 2. The molecule has 3 aromatic heterocycles. The SMILES string of the molecule is COc1cc2[nH]nc(-c3ccc(C4CCN(C5CCNC5=O)C4)nc3)c2nc1-c1cccc2c1CCC2. The first kappa shape index (κ1) is 22.4. The molecule has 0 radical (unpaired) electrons. The number of hydrogen-bond acceptors (Lipinski definition) is 6. The van der Waals surface area contributed by atoms with Crippen LogP contribution in [0.15, 0.2) is 42.6 Å². The van der Waals surface area contributed by atoms with Crippen molar-refractivity contribution in [2.45, 2.75) is 44.1 Å². The molecule has 3 aliphatic rings. The van der Waals surface area contributed by atoms with E-state index in [-0.39, 0.29) is 11.9 Å². The number of amides is 1. The number of H-pyrrole nitrogens is 1. The molecule has 1 amide bonds. The summed E-state index contributed by atoms with van der Waals surface area (Å²) >= 11 is 0. The summed E-state index contributed by atoms with van der Waals surface area (Å²) in [7, 11) is 1.69. The average molecular weight is 495 g/mol. The van der Waals surface area contributed by atoms with Gasteiger partial charge in [-0.25, -0.2) is 4.98 Å². The van der Waals surface area contributed by atoms with Crippen molar-refractivity contribution >= 4 is 16.9 Å². The summed E-state index contributed by atoms with van der Waals surface area (Å²) in [5.74, 6) is 1.25. The maximum atomic E-state index is 12.1. The molecule has 0 spiro atoms. The molecule has 1 aromatic carbocycles. The van der Waals surface area contributed by atoms with E-state index in [1.807, 2.05) is 12.3 Å². The fourth-order valence-electron chi connectivity index (χ4n) is 6.35. The van der Waals surface area contributed by atoms with Crippen LogP contribution in [0.5, 0.6) is 5.75 Å². The van der Waals surface area contributed by atoms with Gasteiger partial charge in [-0.1, -0.05) is 18.2 Å². The number of carbonyl (C=O) groups excluding carboxylic acids is 1. The van der Waals surface area contributed by atoms with Crippen molar-refractivity contribution in [1.82, 2.24) is 30.4 Å². The molecule has 188 valence electrons. The molecule has 2 saturated heterocycles. The smallest absolute Gasteiger partial charge is 0.237 e. The molecule has 0 saturated carbocycles. The fraction of sp³-hybridized carbons (Fsp3) is 0.379. The van der Waals surface area contributed by atoms with Gasteiger partial charge in [0, 0.05) is 48.1 Å². The van der Waals surface area contributed by atoms with Gasteiger partial charge in [0.25, 0.3) is 0 Å². The van der Waals surface area contributed by atoms with E-state index in [1.165, 1.54) is 17.5 Å². The third-order valence-corrected chi connectivity index (χ3v) is 8.28. The number of aromatic nitrogens is 4. The Morgan fingerprint density at radius 3 is 2.86 bits per heavy atom. The van der Waals surface area contributed by atoms with Crippen molar-refractivity contribution in [2.24, 2.45) is 0 Å². The summed E-state index contributed by atoms with van der Waals surface area (Å²) in [6.07, 6.45) is 7.20. The molecule has 1 aliphatic carbocycles. The zero-order valence-corrected chi connectivity index (χ0v) is 21.0. The van der Waals surface area contributed by atoms with Crippen molar-refractivity contribution in [2.75, 3.05) is 26.7 Å². The van der Waals surface area contributed by atoms with E-state index >= 15 is 0 Å². The van der Waals surface area contributed by atoms with Crippen LogP contribution in [-0.2, 0) is 17.6 Å². The lowest BCUT2D eigenvalue weighted by atomic mass is 9.99. The quantitative estimate of drug-likeness (QED) is 0.437. The summed E-state index contributed by atoms with van der Waals surface area (Å²) in [5, 5.41) is 10.7. The predicted octanol–water partition coefficient (Wildman–Crippen LogP) is 3.86. The van der Waals surface area contributed by atoms with Crippen molar-refractivity contribution in [3.63, 3.8) is 0 Å². The van der Waals surface area contributed by atoms with Crippen molar-refractivity contribution in [1.29, 1.82) is 0 Å². The normalized spacial score (nSPS) is 21.5. The lowest BCUT2D eigenvalue weighted by Crippen LogP contribution is -2.39. The highest BCUT2D eigenvalue weighted by molar-refractivity contribution is 5.93. The number of hydrogen-bond donors (Lipinski definition) is 2. The molecule has 2 N–H and O–H groups in total. The molecule has 2 atom stereocenters. The van der Waals surface area contributed by atoms with Gasteiger partial charge in [0.05, 0.1) is 18.7 Å². The van der Waals surface area contributed by atoms with Crippen LogP contribution in [0.3, 0.4) is 0 Å². The molecule has 8 nitrogen and oxygen atoms in total. The number of aromatic amines is 1. The van der Waals surface area contributed by atoms with Gasteiger partial charge in [-0.3, -0.25) is 19.8 Å². The van der Waals surface area contributed by atoms with Crippen LogP contribution in [0.2, 0.25) is 0 Å². The molecule has 37 heavy (non-hydrogen) atoms. The van der Waals surface area contributed by atoms with E-state index in [1.54, 1.807) is 7.11 Å². The highest BCUT2D eigenvalue weighted by atomic mass is 16.5. The number of nitrogens with zero attached hydrogens (tertiary/aromatic N) is 4. The molecule has 2 fully saturated rings. The van der Waals surface area contributed by atoms with Crippen LogP contribution in [-0.4, -0.2) is 63.8 Å². The molecule has 2 aliphatic heterocycles. The van der Waals surface area contributed by atoms with E-state index < -0.39 is 0 Å². The average Bonchev–Trinajstić information content (AvgIpc) is 3.74. The first-order valence-electron chi connectivity index (χ1n) is 13.2. The molecule has 4 aromatic rings. The zero-order chi connectivity index (χ0) is 24.9. The Labute approximate surface area is 215 Å². The Hall–Kier alpha value is -3.78. The van der Waals surface area contributed by atoms with Crippen LogP contribution in [0.25, 0.3) is 33.5 Å². The van der Waals surface area contributed by atoms with Crippen molar-refractivity contribution < 1.29 is 9.53 Å². The number of aryl methyl sites for hydroxylation is 1. The third-order valence-electron chi connectivity index (χ3n) is 8.28. The second-order valence-corrected chi connectivity index (χ2v) is 10.4. The van der Waals surface area contributed by atoms with Crippen LogP contribution in [0, 0.1) is 0 Å². The highest BCUT2D eigenvalue weighted by Gasteiger charge is 2.35. The molecular formula is C29H30N6O2. The monoisotopic (exact) mass is 494 g/mol. The van der Waals surface area contributed by atoms with Gasteiger partial charge in [-0.2, -0.15) is 5.10 Å². The zero-order valence-electron chi connectivity index (χ0n) is 21.0. The molecule has 5 heterocycles. The maximum absolute atomic E-state index is 12.1. The third kappa shape index (κ3) is 3.78. The van der Waals surface area contributed by atoms with Gasteiger partial charge < -0.3 is 10.1 Å². The minimum Gasteiger partial charge on any atom is -0.494 e. The Balaban J connectivity index is 1.20. The molecule has 8 heteroatoms. The highest BCUT2D eigenvalue weighted by Crippen LogP contribution is 2.39. The first-order valence-corrected chi connectivity index (χ1v) is 13.2. The van der Waals surface area contributed by atoms with Crippen LogP contribution >= 0.6 is 0 Å². The summed E-state index contributed by atoms with van der Waals surface area (Å²) in [5.41, 5.74) is 9.26. The Morgan fingerprint density at radius 2 is 2.05 bits per heavy atom. The second-order valence-electron chi connectivity index (χ2n) is 10.4. The number of methoxy groups -OCH3 is 1. The minimum atomic E-state index is 0.0165. The van der Waals surface area contributed by atoms with E-state index in [0.717, 1.165) is 90.3 Å². The number of nitrogens with one attached hydrogen (secondary N) is 2. The molecule has 7 rings (SSSR count). The number of likely N-dealkylation sites (tertiary alicyclic amines) is 1. The predicted molar refractivity (Wildman–Crippen MR) is 141 cm³/mol. The molecular weight excluding hydrogens is 464 g/mol. The number of ether oxygens (including phenoxy) is 1. The Kier molecular flexibility index (Phi) is 5.43. The first-order chi connectivity index (χ1) is 18.2. The van der Waals surface area contributed by atoms with E-state index in [4.69, 9.17) is 14.7 Å². The van der Waals surface area contributed by atoms with E-state index in [2.05, 4.69) is 50.7 Å². The standard InChI is InChI=1S/C29H30N6O2/c1-37-25-14-23-28(32-27(25)21-7-3-5-17-4-2-6-20(17)21)26(34-33-23)18-8-9-22(31-15-18)19-11-13-35(16-19)24-10-12-30-29(24)36/h3,5,7-9,14-15,19,24H,2,4,6,10-13,16H2,1H3,(H,30,36)(H,33,34). The van der Waals surface area contributed by atoms with Gasteiger partial charge in [-0.05, 0) is 61.9 Å². The number of benzene rings is 1. The summed E-state index contributed by atoms with van der Waals surface area (Å²) in [6.45, 7) is 2.60. The maximum Gasteiger partial charge on any atom is 0.237 e. The van der Waals surface area contributed by atoms with Crippen LogP contribution < -0.4 is 10.1 Å².